The zero-order valence-corrected chi connectivity index (χ0v) is 15.7. The van der Waals surface area contributed by atoms with E-state index in [0.29, 0.717) is 23.9 Å². The van der Waals surface area contributed by atoms with Crippen LogP contribution >= 0.6 is 0 Å². The van der Waals surface area contributed by atoms with Crippen LogP contribution < -0.4 is 0 Å². The first kappa shape index (κ1) is 16.5. The molecule has 5 heterocycles. The van der Waals surface area contributed by atoms with Crippen molar-refractivity contribution in [2.24, 2.45) is 5.92 Å². The summed E-state index contributed by atoms with van der Waals surface area (Å²) in [5, 5.41) is 4.16. The molecule has 5 heteroatoms. The van der Waals surface area contributed by atoms with Gasteiger partial charge in [0.15, 0.2) is 5.82 Å². The summed E-state index contributed by atoms with van der Waals surface area (Å²) in [5.41, 5.74) is 1.48. The maximum absolute atomic E-state index is 5.57. The summed E-state index contributed by atoms with van der Waals surface area (Å²) in [6.45, 7) is 8.63. The second-order valence-corrected chi connectivity index (χ2v) is 8.50. The minimum atomic E-state index is 0.313. The standard InChI is InChI=1S/C21H28N4O/c1-14(2)21-22-18(26-23-21)13-25-12-17(15-6-4-3-5-7-15)20-19(25)16-8-10-24(20)11-9-16/h3-7,14,16-17,19-20H,8-13H2,1-2H3/t17-,19+,20+/m1/s1. The lowest BCUT2D eigenvalue weighted by molar-refractivity contribution is -0.0109. The highest BCUT2D eigenvalue weighted by atomic mass is 16.5. The molecule has 2 bridgehead atoms. The van der Waals surface area contributed by atoms with E-state index in [9.17, 15) is 0 Å². The number of piperidine rings is 3. The Morgan fingerprint density at radius 1 is 1.12 bits per heavy atom. The normalized spacial score (nSPS) is 33.7. The van der Waals surface area contributed by atoms with Gasteiger partial charge in [0.1, 0.15) is 0 Å². The number of likely N-dealkylation sites (tertiary alicyclic amines) is 1. The molecule has 0 unspecified atom stereocenters. The summed E-state index contributed by atoms with van der Waals surface area (Å²) in [6.07, 6.45) is 2.67. The van der Waals surface area contributed by atoms with E-state index in [0.717, 1.165) is 30.7 Å². The van der Waals surface area contributed by atoms with Gasteiger partial charge < -0.3 is 4.52 Å². The Hall–Kier alpha value is -1.72. The zero-order chi connectivity index (χ0) is 17.7. The largest absolute Gasteiger partial charge is 0.338 e. The molecule has 0 amide bonds. The second kappa shape index (κ2) is 6.46. The molecule has 4 aliphatic heterocycles. The lowest BCUT2D eigenvalue weighted by atomic mass is 9.75. The van der Waals surface area contributed by atoms with Crippen LogP contribution in [0, 0.1) is 5.92 Å². The molecule has 4 fully saturated rings. The van der Waals surface area contributed by atoms with E-state index in [1.165, 1.54) is 31.5 Å². The Morgan fingerprint density at radius 3 is 2.58 bits per heavy atom. The maximum atomic E-state index is 5.57. The summed E-state index contributed by atoms with van der Waals surface area (Å²) in [5.74, 6) is 3.30. The summed E-state index contributed by atoms with van der Waals surface area (Å²) in [6, 6.07) is 12.3. The van der Waals surface area contributed by atoms with Gasteiger partial charge in [-0.15, -0.1) is 0 Å². The predicted octanol–water partition coefficient (Wildman–Crippen LogP) is 3.26. The summed E-state index contributed by atoms with van der Waals surface area (Å²) < 4.78 is 5.57. The molecule has 0 spiro atoms. The van der Waals surface area contributed by atoms with Gasteiger partial charge in [-0.1, -0.05) is 49.3 Å². The number of rotatable bonds is 4. The van der Waals surface area contributed by atoms with Crippen LogP contribution in [0.4, 0.5) is 0 Å². The number of fused-ring (bicyclic) bond motifs is 2. The number of hydrogen-bond acceptors (Lipinski definition) is 5. The van der Waals surface area contributed by atoms with Crippen LogP contribution in [-0.4, -0.2) is 51.7 Å². The number of hydrogen-bond donors (Lipinski definition) is 0. The quantitative estimate of drug-likeness (QED) is 0.845. The zero-order valence-electron chi connectivity index (χ0n) is 15.7. The Kier molecular flexibility index (Phi) is 4.09. The third-order valence-corrected chi connectivity index (χ3v) is 6.66. The molecule has 6 rings (SSSR count). The van der Waals surface area contributed by atoms with E-state index in [4.69, 9.17) is 4.52 Å². The van der Waals surface area contributed by atoms with Crippen LogP contribution in [0.2, 0.25) is 0 Å². The first-order valence-corrected chi connectivity index (χ1v) is 10.1. The van der Waals surface area contributed by atoms with Crippen molar-refractivity contribution in [3.05, 3.63) is 47.6 Å². The highest BCUT2D eigenvalue weighted by Crippen LogP contribution is 2.46. The van der Waals surface area contributed by atoms with Gasteiger partial charge in [-0.05, 0) is 37.4 Å². The van der Waals surface area contributed by atoms with Gasteiger partial charge in [0, 0.05) is 30.5 Å². The average molecular weight is 352 g/mol. The van der Waals surface area contributed by atoms with Crippen molar-refractivity contribution in [1.82, 2.24) is 19.9 Å². The van der Waals surface area contributed by atoms with E-state index in [-0.39, 0.29) is 0 Å². The van der Waals surface area contributed by atoms with Gasteiger partial charge in [-0.2, -0.15) is 4.98 Å². The average Bonchev–Trinajstić information content (AvgIpc) is 3.30. The minimum Gasteiger partial charge on any atom is -0.338 e. The van der Waals surface area contributed by atoms with Crippen molar-refractivity contribution < 1.29 is 4.52 Å². The van der Waals surface area contributed by atoms with Crippen molar-refractivity contribution in [2.45, 2.75) is 57.2 Å². The van der Waals surface area contributed by atoms with E-state index < -0.39 is 0 Å². The van der Waals surface area contributed by atoms with Gasteiger partial charge in [-0.3, -0.25) is 9.80 Å². The lowest BCUT2D eigenvalue weighted by Crippen LogP contribution is -2.60. The van der Waals surface area contributed by atoms with Gasteiger partial charge >= 0.3 is 0 Å². The molecule has 3 atom stereocenters. The fourth-order valence-electron chi connectivity index (χ4n) is 5.46. The molecule has 1 aromatic carbocycles. The van der Waals surface area contributed by atoms with Crippen LogP contribution in [0.3, 0.4) is 0 Å². The molecule has 0 radical (unpaired) electrons. The summed E-state index contributed by atoms with van der Waals surface area (Å²) >= 11 is 0. The van der Waals surface area contributed by atoms with Crippen LogP contribution in [-0.2, 0) is 6.54 Å². The van der Waals surface area contributed by atoms with Crippen molar-refractivity contribution >= 4 is 0 Å². The topological polar surface area (TPSA) is 45.4 Å². The molecule has 0 saturated carbocycles. The molecule has 2 aromatic rings. The Bertz CT molecular complexity index is 750. The van der Waals surface area contributed by atoms with Gasteiger partial charge in [0.2, 0.25) is 5.89 Å². The van der Waals surface area contributed by atoms with Gasteiger partial charge in [-0.25, -0.2) is 0 Å². The number of benzene rings is 1. The van der Waals surface area contributed by atoms with Crippen LogP contribution in [0.1, 0.15) is 55.8 Å². The monoisotopic (exact) mass is 352 g/mol. The molecule has 4 saturated heterocycles. The second-order valence-electron chi connectivity index (χ2n) is 8.50. The Balaban J connectivity index is 1.44. The molecular formula is C21H28N4O. The number of aromatic nitrogens is 2. The smallest absolute Gasteiger partial charge is 0.240 e. The molecule has 0 aliphatic carbocycles. The molecule has 4 aliphatic rings. The van der Waals surface area contributed by atoms with Crippen LogP contribution in [0.5, 0.6) is 0 Å². The molecule has 5 nitrogen and oxygen atoms in total. The first-order chi connectivity index (χ1) is 12.7. The van der Waals surface area contributed by atoms with E-state index in [2.05, 4.69) is 64.1 Å². The first-order valence-electron chi connectivity index (χ1n) is 10.1. The van der Waals surface area contributed by atoms with Crippen molar-refractivity contribution in [1.29, 1.82) is 0 Å². The predicted molar refractivity (Wildman–Crippen MR) is 99.9 cm³/mol. The van der Waals surface area contributed by atoms with Crippen molar-refractivity contribution in [3.8, 4) is 0 Å². The number of nitrogens with zero attached hydrogens (tertiary/aromatic N) is 4. The summed E-state index contributed by atoms with van der Waals surface area (Å²) in [4.78, 5) is 10.0. The van der Waals surface area contributed by atoms with E-state index in [1.54, 1.807) is 0 Å². The molecule has 0 N–H and O–H groups in total. The molecular weight excluding hydrogens is 324 g/mol. The highest BCUT2D eigenvalue weighted by Gasteiger charge is 2.53. The summed E-state index contributed by atoms with van der Waals surface area (Å²) in [7, 11) is 0. The molecule has 1 aromatic heterocycles. The SMILES string of the molecule is CC(C)c1noc(CN2C[C@H](c3ccccc3)[C@H]3[C@@H]2C2CCN3CC2)n1. The highest BCUT2D eigenvalue weighted by molar-refractivity contribution is 5.27. The fourth-order valence-corrected chi connectivity index (χ4v) is 5.46. The minimum absolute atomic E-state index is 0.313. The maximum Gasteiger partial charge on any atom is 0.240 e. The van der Waals surface area contributed by atoms with Crippen LogP contribution in [0.15, 0.2) is 34.9 Å². The van der Waals surface area contributed by atoms with Crippen molar-refractivity contribution in [3.63, 3.8) is 0 Å². The van der Waals surface area contributed by atoms with E-state index >= 15 is 0 Å². The molecule has 138 valence electrons. The molecule has 26 heavy (non-hydrogen) atoms. The lowest BCUT2D eigenvalue weighted by Gasteiger charge is -2.51. The van der Waals surface area contributed by atoms with Crippen molar-refractivity contribution in [2.75, 3.05) is 19.6 Å². The third-order valence-electron chi connectivity index (χ3n) is 6.66. The van der Waals surface area contributed by atoms with Crippen LogP contribution in [0.25, 0.3) is 0 Å². The third kappa shape index (κ3) is 2.69. The van der Waals surface area contributed by atoms with Gasteiger partial charge in [0.05, 0.1) is 6.54 Å². The Labute approximate surface area is 155 Å². The van der Waals surface area contributed by atoms with Gasteiger partial charge in [0.25, 0.3) is 0 Å². The van der Waals surface area contributed by atoms with E-state index in [1.807, 2.05) is 0 Å². The fraction of sp³-hybridized carbons (Fsp3) is 0.619. The Morgan fingerprint density at radius 2 is 1.88 bits per heavy atom.